The smallest absolute Gasteiger partial charge is 0.222 e. The Bertz CT molecular complexity index is 320. The molecule has 1 amide bonds. The van der Waals surface area contributed by atoms with Gasteiger partial charge in [-0.3, -0.25) is 4.79 Å². The van der Waals surface area contributed by atoms with Gasteiger partial charge in [-0.05, 0) is 59.2 Å². The summed E-state index contributed by atoms with van der Waals surface area (Å²) in [6.45, 7) is 2.01. The van der Waals surface area contributed by atoms with Crippen LogP contribution < -0.4 is 5.32 Å². The van der Waals surface area contributed by atoms with Crippen LogP contribution in [0.1, 0.15) is 51.4 Å². The normalized spacial score (nSPS) is 25.3. The molecule has 1 saturated heterocycles. The van der Waals surface area contributed by atoms with Crippen LogP contribution in [-0.2, 0) is 4.79 Å². The molecule has 0 aromatic carbocycles. The van der Waals surface area contributed by atoms with Gasteiger partial charge < -0.3 is 15.1 Å². The minimum Gasteiger partial charge on any atom is -0.344 e. The van der Waals surface area contributed by atoms with Crippen LogP contribution in [0.4, 0.5) is 0 Å². The molecule has 1 saturated carbocycles. The highest BCUT2D eigenvalue weighted by atomic mass is 16.2. The molecule has 1 N–H and O–H groups in total. The number of amides is 1. The Hall–Kier alpha value is -0.610. The van der Waals surface area contributed by atoms with Gasteiger partial charge in [0.1, 0.15) is 0 Å². The third kappa shape index (κ3) is 3.73. The molecule has 20 heavy (non-hydrogen) atoms. The fraction of sp³-hybridized carbons (Fsp3) is 0.938. The van der Waals surface area contributed by atoms with Crippen LogP contribution >= 0.6 is 0 Å². The van der Waals surface area contributed by atoms with Crippen molar-refractivity contribution in [3.05, 3.63) is 0 Å². The molecule has 0 bridgehead atoms. The Balaban J connectivity index is 1.74. The maximum absolute atomic E-state index is 12.3. The molecule has 1 atom stereocenters. The number of likely N-dealkylation sites (N-methyl/N-ethyl adjacent to an activating group) is 2. The Morgan fingerprint density at radius 1 is 1.20 bits per heavy atom. The van der Waals surface area contributed by atoms with Crippen LogP contribution in [0.5, 0.6) is 0 Å². The van der Waals surface area contributed by atoms with Crippen molar-refractivity contribution in [1.29, 1.82) is 0 Å². The standard InChI is InChI=1S/C16H31N3O/c1-18(2)16(10-6-11-16)13-19(3)15(20)9-8-14-7-4-5-12-17-14/h14,17H,4-13H2,1-3H3. The van der Waals surface area contributed by atoms with Gasteiger partial charge in [0.25, 0.3) is 0 Å². The van der Waals surface area contributed by atoms with Crippen molar-refractivity contribution in [2.75, 3.05) is 34.2 Å². The van der Waals surface area contributed by atoms with E-state index in [1.807, 2.05) is 11.9 Å². The monoisotopic (exact) mass is 281 g/mol. The van der Waals surface area contributed by atoms with Gasteiger partial charge in [-0.1, -0.05) is 6.42 Å². The Kier molecular flexibility index (Phi) is 5.44. The van der Waals surface area contributed by atoms with Gasteiger partial charge in [0.2, 0.25) is 5.91 Å². The van der Waals surface area contributed by atoms with E-state index in [0.717, 1.165) is 19.5 Å². The maximum atomic E-state index is 12.3. The molecule has 0 spiro atoms. The second-order valence-electron chi connectivity index (χ2n) is 6.91. The lowest BCUT2D eigenvalue weighted by Crippen LogP contribution is -2.57. The Morgan fingerprint density at radius 2 is 1.95 bits per heavy atom. The molecule has 1 aliphatic carbocycles. The minimum absolute atomic E-state index is 0.244. The zero-order chi connectivity index (χ0) is 14.6. The van der Waals surface area contributed by atoms with Gasteiger partial charge in [-0.2, -0.15) is 0 Å². The Morgan fingerprint density at radius 3 is 2.45 bits per heavy atom. The average molecular weight is 281 g/mol. The number of hydrogen-bond acceptors (Lipinski definition) is 3. The SMILES string of the molecule is CN(CC1(N(C)C)CCC1)C(=O)CCC1CCCCN1. The number of piperidine rings is 1. The topological polar surface area (TPSA) is 35.6 Å². The molecule has 1 unspecified atom stereocenters. The highest BCUT2D eigenvalue weighted by Crippen LogP contribution is 2.36. The lowest BCUT2D eigenvalue weighted by molar-refractivity contribution is -0.132. The fourth-order valence-electron chi connectivity index (χ4n) is 3.52. The van der Waals surface area contributed by atoms with E-state index in [2.05, 4.69) is 24.3 Å². The van der Waals surface area contributed by atoms with E-state index in [-0.39, 0.29) is 5.54 Å². The predicted octanol–water partition coefficient (Wildman–Crippen LogP) is 1.85. The number of nitrogens with one attached hydrogen (secondary N) is 1. The highest BCUT2D eigenvalue weighted by molar-refractivity contribution is 5.76. The van der Waals surface area contributed by atoms with Gasteiger partial charge in [0.05, 0.1) is 0 Å². The summed E-state index contributed by atoms with van der Waals surface area (Å²) in [5.41, 5.74) is 0.244. The predicted molar refractivity (Wildman–Crippen MR) is 82.8 cm³/mol. The number of hydrogen-bond donors (Lipinski definition) is 1. The zero-order valence-electron chi connectivity index (χ0n) is 13.5. The molecule has 2 aliphatic rings. The molecule has 1 heterocycles. The number of rotatable bonds is 6. The fourth-order valence-corrected chi connectivity index (χ4v) is 3.52. The minimum atomic E-state index is 0.244. The maximum Gasteiger partial charge on any atom is 0.222 e. The molecule has 4 heteroatoms. The van der Waals surface area contributed by atoms with Crippen LogP contribution in [0.25, 0.3) is 0 Å². The molecule has 0 radical (unpaired) electrons. The molecule has 0 aromatic rings. The van der Waals surface area contributed by atoms with Gasteiger partial charge in [-0.25, -0.2) is 0 Å². The molecule has 116 valence electrons. The van der Waals surface area contributed by atoms with Crippen molar-refractivity contribution in [1.82, 2.24) is 15.1 Å². The molecule has 0 aromatic heterocycles. The number of carbonyl (C=O) groups is 1. The molecular weight excluding hydrogens is 250 g/mol. The van der Waals surface area contributed by atoms with Gasteiger partial charge in [-0.15, -0.1) is 0 Å². The molecular formula is C16H31N3O. The summed E-state index contributed by atoms with van der Waals surface area (Å²) in [7, 11) is 6.26. The molecule has 1 aliphatic heterocycles. The van der Waals surface area contributed by atoms with Crippen LogP contribution in [0, 0.1) is 0 Å². The van der Waals surface area contributed by atoms with Gasteiger partial charge in [0, 0.05) is 31.6 Å². The first-order valence-electron chi connectivity index (χ1n) is 8.18. The Labute approximate surface area is 123 Å². The van der Waals surface area contributed by atoms with Crippen molar-refractivity contribution in [2.24, 2.45) is 0 Å². The van der Waals surface area contributed by atoms with E-state index >= 15 is 0 Å². The summed E-state index contributed by atoms with van der Waals surface area (Å²) in [6.07, 6.45) is 9.27. The van der Waals surface area contributed by atoms with Crippen LogP contribution in [-0.4, -0.2) is 61.5 Å². The van der Waals surface area contributed by atoms with Crippen molar-refractivity contribution in [2.45, 2.75) is 62.9 Å². The summed E-state index contributed by atoms with van der Waals surface area (Å²) >= 11 is 0. The van der Waals surface area contributed by atoms with Crippen molar-refractivity contribution >= 4 is 5.91 Å². The molecule has 4 nitrogen and oxygen atoms in total. The third-order valence-corrected chi connectivity index (χ3v) is 5.31. The number of carbonyl (C=O) groups excluding carboxylic acids is 1. The second-order valence-corrected chi connectivity index (χ2v) is 6.91. The van der Waals surface area contributed by atoms with E-state index in [1.54, 1.807) is 0 Å². The van der Waals surface area contributed by atoms with E-state index in [9.17, 15) is 4.79 Å². The van der Waals surface area contributed by atoms with E-state index in [0.29, 0.717) is 18.4 Å². The lowest BCUT2D eigenvalue weighted by Gasteiger charge is -2.49. The third-order valence-electron chi connectivity index (χ3n) is 5.31. The van der Waals surface area contributed by atoms with Gasteiger partial charge in [0.15, 0.2) is 0 Å². The highest BCUT2D eigenvalue weighted by Gasteiger charge is 2.40. The lowest BCUT2D eigenvalue weighted by atomic mass is 9.75. The summed E-state index contributed by atoms with van der Waals surface area (Å²) < 4.78 is 0. The quantitative estimate of drug-likeness (QED) is 0.807. The summed E-state index contributed by atoms with van der Waals surface area (Å²) in [6, 6.07) is 0.563. The first kappa shape index (κ1) is 15.8. The van der Waals surface area contributed by atoms with E-state index in [4.69, 9.17) is 0 Å². The average Bonchev–Trinajstić information content (AvgIpc) is 2.40. The van der Waals surface area contributed by atoms with Crippen molar-refractivity contribution < 1.29 is 4.79 Å². The van der Waals surface area contributed by atoms with Crippen LogP contribution in [0.3, 0.4) is 0 Å². The summed E-state index contributed by atoms with van der Waals surface area (Å²) in [4.78, 5) is 16.6. The second kappa shape index (κ2) is 6.90. The van der Waals surface area contributed by atoms with Crippen LogP contribution in [0.15, 0.2) is 0 Å². The number of nitrogens with zero attached hydrogens (tertiary/aromatic N) is 2. The van der Waals surface area contributed by atoms with Crippen molar-refractivity contribution in [3.8, 4) is 0 Å². The van der Waals surface area contributed by atoms with Crippen molar-refractivity contribution in [3.63, 3.8) is 0 Å². The molecule has 2 fully saturated rings. The summed E-state index contributed by atoms with van der Waals surface area (Å²) in [5.74, 6) is 0.311. The zero-order valence-corrected chi connectivity index (χ0v) is 13.5. The first-order valence-corrected chi connectivity index (χ1v) is 8.18. The van der Waals surface area contributed by atoms with E-state index in [1.165, 1.54) is 38.5 Å². The van der Waals surface area contributed by atoms with Gasteiger partial charge >= 0.3 is 0 Å². The van der Waals surface area contributed by atoms with E-state index < -0.39 is 0 Å². The first-order chi connectivity index (χ1) is 9.53. The summed E-state index contributed by atoms with van der Waals surface area (Å²) in [5, 5.41) is 3.52. The largest absolute Gasteiger partial charge is 0.344 e. The molecule has 2 rings (SSSR count). The van der Waals surface area contributed by atoms with Crippen LogP contribution in [0.2, 0.25) is 0 Å².